The van der Waals surface area contributed by atoms with Crippen molar-refractivity contribution in [1.29, 1.82) is 0 Å². The number of rotatable bonds is 12. The van der Waals surface area contributed by atoms with Gasteiger partial charge in [0.2, 0.25) is 0 Å². The first-order valence-electron chi connectivity index (χ1n) is 11.0. The van der Waals surface area contributed by atoms with Gasteiger partial charge in [-0.15, -0.1) is 0 Å². The zero-order chi connectivity index (χ0) is 20.8. The number of Topliss-reactive ketones (excluding diaryl/α,β-unsaturated/α-hetero) is 1. The maximum atomic E-state index is 12.3. The fourth-order valence-electron chi connectivity index (χ4n) is 4.88. The third-order valence-corrected chi connectivity index (χ3v) is 8.19. The summed E-state index contributed by atoms with van der Waals surface area (Å²) in [5.41, 5.74) is 0.0743. The van der Waals surface area contributed by atoms with Crippen molar-refractivity contribution < 1.29 is 24.5 Å². The number of aliphatic hydroxyl groups excluding tert-OH is 2. The molecule has 2 fully saturated rings. The number of ketones is 1. The van der Waals surface area contributed by atoms with Gasteiger partial charge in [0.1, 0.15) is 5.78 Å². The standard InChI is InChI=1S/C22H39O5P/c1-3-22(13-9-14-22)21(25)12-8-11-18-17(19(23)16-20(18)24)10-6-4-5-7-15-28(2,26)27/h8,11,17-18,20-21,24-25H,3-7,9-10,12-16H2,1-2H3,(H,26,27)/b11-8+/t17-,18-,20-,21?/m1/s1. The largest absolute Gasteiger partial charge is 0.392 e. The molecule has 6 heteroatoms. The maximum absolute atomic E-state index is 12.3. The van der Waals surface area contributed by atoms with Crippen LogP contribution in [0.25, 0.3) is 0 Å². The molecule has 5 nitrogen and oxygen atoms in total. The lowest BCUT2D eigenvalue weighted by atomic mass is 9.63. The summed E-state index contributed by atoms with van der Waals surface area (Å²) >= 11 is 0. The summed E-state index contributed by atoms with van der Waals surface area (Å²) in [6, 6.07) is 0. The molecule has 2 rings (SSSR count). The van der Waals surface area contributed by atoms with Crippen molar-refractivity contribution >= 4 is 13.2 Å². The van der Waals surface area contributed by atoms with Crippen LogP contribution in [0.4, 0.5) is 0 Å². The predicted molar refractivity (Wildman–Crippen MR) is 113 cm³/mol. The van der Waals surface area contributed by atoms with Crippen LogP contribution in [0, 0.1) is 17.3 Å². The van der Waals surface area contributed by atoms with E-state index < -0.39 is 13.5 Å². The molecule has 5 atom stereocenters. The van der Waals surface area contributed by atoms with Gasteiger partial charge >= 0.3 is 0 Å². The second kappa shape index (κ2) is 10.5. The van der Waals surface area contributed by atoms with Crippen LogP contribution >= 0.6 is 7.37 Å². The van der Waals surface area contributed by atoms with Crippen molar-refractivity contribution in [3.63, 3.8) is 0 Å². The Bertz CT molecular complexity index is 572. The summed E-state index contributed by atoms with van der Waals surface area (Å²) in [5, 5.41) is 20.8. The van der Waals surface area contributed by atoms with Crippen LogP contribution in [0.3, 0.4) is 0 Å². The summed E-state index contributed by atoms with van der Waals surface area (Å²) < 4.78 is 11.3. The molecule has 0 heterocycles. The number of hydrogen-bond acceptors (Lipinski definition) is 4. The highest BCUT2D eigenvalue weighted by atomic mass is 31.2. The minimum atomic E-state index is -2.91. The van der Waals surface area contributed by atoms with Crippen molar-refractivity contribution in [2.75, 3.05) is 12.8 Å². The average molecular weight is 415 g/mol. The number of hydrogen-bond donors (Lipinski definition) is 3. The third-order valence-electron chi connectivity index (χ3n) is 7.05. The lowest BCUT2D eigenvalue weighted by Gasteiger charge is -2.45. The summed E-state index contributed by atoms with van der Waals surface area (Å²) in [5.74, 6) is -0.144. The molecule has 0 saturated heterocycles. The van der Waals surface area contributed by atoms with Gasteiger partial charge in [0.15, 0.2) is 7.37 Å². The summed E-state index contributed by atoms with van der Waals surface area (Å²) in [4.78, 5) is 21.6. The smallest absolute Gasteiger partial charge is 0.197 e. The Labute approximate surface area is 170 Å². The summed E-state index contributed by atoms with van der Waals surface area (Å²) in [6.45, 7) is 3.54. The van der Waals surface area contributed by atoms with E-state index in [1.54, 1.807) is 0 Å². The molecule has 0 aromatic rings. The van der Waals surface area contributed by atoms with E-state index in [0.717, 1.165) is 51.4 Å². The molecular formula is C22H39O5P. The van der Waals surface area contributed by atoms with Crippen molar-refractivity contribution in [3.8, 4) is 0 Å². The fraction of sp³-hybridized carbons (Fsp3) is 0.864. The molecule has 162 valence electrons. The minimum absolute atomic E-state index is 0.0743. The van der Waals surface area contributed by atoms with E-state index in [2.05, 4.69) is 6.92 Å². The fourth-order valence-corrected chi connectivity index (χ4v) is 5.69. The lowest BCUT2D eigenvalue weighted by molar-refractivity contribution is -0.121. The van der Waals surface area contributed by atoms with E-state index in [9.17, 15) is 24.5 Å². The van der Waals surface area contributed by atoms with Crippen molar-refractivity contribution in [1.82, 2.24) is 0 Å². The van der Waals surface area contributed by atoms with Gasteiger partial charge in [-0.2, -0.15) is 0 Å². The highest BCUT2D eigenvalue weighted by Crippen LogP contribution is 2.47. The summed E-state index contributed by atoms with van der Waals surface area (Å²) in [6.07, 6.45) is 12.8. The SMILES string of the molecule is CCC1(C(O)C/C=C/[C@H]2[C@H](O)CC(=O)[C@@H]2CCCCCCP(C)(=O)O)CCC1. The van der Waals surface area contributed by atoms with Crippen molar-refractivity contribution in [3.05, 3.63) is 12.2 Å². The molecule has 3 N–H and O–H groups in total. The van der Waals surface area contributed by atoms with Gasteiger partial charge in [-0.25, -0.2) is 0 Å². The van der Waals surface area contributed by atoms with Crippen LogP contribution in [0.1, 0.15) is 77.6 Å². The van der Waals surface area contributed by atoms with E-state index in [0.29, 0.717) is 12.6 Å². The van der Waals surface area contributed by atoms with Gasteiger partial charge in [0.25, 0.3) is 0 Å². The van der Waals surface area contributed by atoms with Crippen LogP contribution in [-0.4, -0.2) is 45.9 Å². The number of carbonyl (C=O) groups excluding carboxylic acids is 1. The van der Waals surface area contributed by atoms with Crippen LogP contribution in [-0.2, 0) is 9.36 Å². The molecule has 28 heavy (non-hydrogen) atoms. The van der Waals surface area contributed by atoms with E-state index in [1.165, 1.54) is 13.1 Å². The van der Waals surface area contributed by atoms with Crippen LogP contribution in [0.15, 0.2) is 12.2 Å². The Kier molecular flexibility index (Phi) is 8.94. The van der Waals surface area contributed by atoms with Gasteiger partial charge < -0.3 is 15.1 Å². The quantitative estimate of drug-likeness (QED) is 0.252. The Morgan fingerprint density at radius 1 is 1.25 bits per heavy atom. The lowest BCUT2D eigenvalue weighted by Crippen LogP contribution is -2.40. The molecular weight excluding hydrogens is 375 g/mol. The molecule has 2 aliphatic carbocycles. The molecule has 2 saturated carbocycles. The van der Waals surface area contributed by atoms with Gasteiger partial charge in [-0.05, 0) is 43.9 Å². The molecule has 0 bridgehead atoms. The van der Waals surface area contributed by atoms with Gasteiger partial charge in [0, 0.05) is 31.1 Å². The van der Waals surface area contributed by atoms with Gasteiger partial charge in [-0.3, -0.25) is 9.36 Å². The Hall–Kier alpha value is -0.480. The zero-order valence-electron chi connectivity index (χ0n) is 17.6. The first-order chi connectivity index (χ1) is 13.2. The molecule has 0 aromatic carbocycles. The second-order valence-corrected chi connectivity index (χ2v) is 11.7. The van der Waals surface area contributed by atoms with Crippen LogP contribution in [0.2, 0.25) is 0 Å². The van der Waals surface area contributed by atoms with Crippen molar-refractivity contribution in [2.24, 2.45) is 17.3 Å². The predicted octanol–water partition coefficient (Wildman–Crippen LogP) is 4.29. The molecule has 0 aromatic heterocycles. The Balaban J connectivity index is 1.77. The highest BCUT2D eigenvalue weighted by Gasteiger charge is 2.42. The number of unbranched alkanes of at least 4 members (excludes halogenated alkanes) is 3. The molecule has 2 unspecified atom stereocenters. The van der Waals surface area contributed by atoms with Crippen LogP contribution in [0.5, 0.6) is 0 Å². The molecule has 2 aliphatic rings. The molecule has 0 aliphatic heterocycles. The van der Waals surface area contributed by atoms with E-state index in [-0.39, 0.29) is 35.6 Å². The van der Waals surface area contributed by atoms with E-state index >= 15 is 0 Å². The third kappa shape index (κ3) is 6.52. The maximum Gasteiger partial charge on any atom is 0.197 e. The van der Waals surface area contributed by atoms with Crippen molar-refractivity contribution in [2.45, 2.75) is 89.8 Å². The van der Waals surface area contributed by atoms with Crippen LogP contribution < -0.4 is 0 Å². The Morgan fingerprint density at radius 3 is 2.50 bits per heavy atom. The normalized spacial score (nSPS) is 30.3. The first kappa shape index (κ1) is 23.8. The first-order valence-corrected chi connectivity index (χ1v) is 13.3. The highest BCUT2D eigenvalue weighted by molar-refractivity contribution is 7.57. The Morgan fingerprint density at radius 2 is 1.93 bits per heavy atom. The van der Waals surface area contributed by atoms with E-state index in [4.69, 9.17) is 0 Å². The average Bonchev–Trinajstić information content (AvgIpc) is 2.83. The van der Waals surface area contributed by atoms with Gasteiger partial charge in [-0.1, -0.05) is 44.8 Å². The topological polar surface area (TPSA) is 94.8 Å². The molecule has 0 amide bonds. The monoisotopic (exact) mass is 414 g/mol. The number of aliphatic hydroxyl groups is 2. The molecule has 0 radical (unpaired) electrons. The van der Waals surface area contributed by atoms with E-state index in [1.807, 2.05) is 12.2 Å². The molecule has 0 spiro atoms. The second-order valence-electron chi connectivity index (χ2n) is 9.15. The number of carbonyl (C=O) groups is 1. The van der Waals surface area contributed by atoms with Gasteiger partial charge in [0.05, 0.1) is 12.2 Å². The zero-order valence-corrected chi connectivity index (χ0v) is 18.4. The summed E-state index contributed by atoms with van der Waals surface area (Å²) in [7, 11) is -2.91. The minimum Gasteiger partial charge on any atom is -0.392 e.